The highest BCUT2D eigenvalue weighted by Crippen LogP contribution is 2.39. The minimum atomic E-state index is -0.480. The van der Waals surface area contributed by atoms with Crippen LogP contribution in [-0.2, 0) is 11.2 Å². The Kier molecular flexibility index (Phi) is 9.89. The SMILES string of the molecule is CCC(C)c1ccc(OC(Cc2cccc3ccccc23)OCCOc2c(-c3ccccc3)cccc2-c2ccccc2)cc1. The van der Waals surface area contributed by atoms with E-state index in [0.717, 1.165) is 40.2 Å². The summed E-state index contributed by atoms with van der Waals surface area (Å²) in [4.78, 5) is 0. The molecule has 2 atom stereocenters. The number of fused-ring (bicyclic) bond motifs is 1. The van der Waals surface area contributed by atoms with Gasteiger partial charge in [0.05, 0.1) is 6.61 Å². The van der Waals surface area contributed by atoms with E-state index in [2.05, 4.69) is 147 Å². The summed E-state index contributed by atoms with van der Waals surface area (Å²) in [7, 11) is 0. The van der Waals surface area contributed by atoms with Gasteiger partial charge in [-0.15, -0.1) is 0 Å². The molecule has 3 heteroatoms. The van der Waals surface area contributed by atoms with Crippen LogP contribution >= 0.6 is 0 Å². The maximum absolute atomic E-state index is 6.57. The molecular formula is C42H40O3. The standard InChI is InChI=1S/C42H40O3/c1-3-31(2)32-24-26-37(27-25-32)45-41(30-36-20-12-19-33-18-10-11-21-38(33)36)43-28-29-44-42-39(34-14-6-4-7-15-34)22-13-23-40(42)35-16-8-5-9-17-35/h4-27,31,41H,3,28-30H2,1-2H3. The predicted octanol–water partition coefficient (Wildman–Crippen LogP) is 10.7. The molecule has 0 saturated carbocycles. The van der Waals surface area contributed by atoms with E-state index >= 15 is 0 Å². The monoisotopic (exact) mass is 592 g/mol. The van der Waals surface area contributed by atoms with Crippen molar-refractivity contribution in [1.82, 2.24) is 0 Å². The fraction of sp³-hybridized carbons (Fsp3) is 0.190. The normalized spacial score (nSPS) is 12.5. The first-order valence-corrected chi connectivity index (χ1v) is 15.9. The van der Waals surface area contributed by atoms with Gasteiger partial charge in [0.15, 0.2) is 0 Å². The van der Waals surface area contributed by atoms with Crippen molar-refractivity contribution in [2.75, 3.05) is 13.2 Å². The van der Waals surface area contributed by atoms with E-state index in [-0.39, 0.29) is 0 Å². The van der Waals surface area contributed by atoms with Crippen LogP contribution in [0.15, 0.2) is 146 Å². The second kappa shape index (κ2) is 14.7. The van der Waals surface area contributed by atoms with Crippen LogP contribution in [0.5, 0.6) is 11.5 Å². The summed E-state index contributed by atoms with van der Waals surface area (Å²) in [5, 5.41) is 2.42. The first kappa shape index (κ1) is 30.2. The first-order chi connectivity index (χ1) is 22.2. The van der Waals surface area contributed by atoms with Gasteiger partial charge in [0, 0.05) is 17.5 Å². The number of benzene rings is 6. The lowest BCUT2D eigenvalue weighted by molar-refractivity contribution is -0.0854. The lowest BCUT2D eigenvalue weighted by Crippen LogP contribution is -2.26. The van der Waals surface area contributed by atoms with Crippen molar-refractivity contribution in [3.63, 3.8) is 0 Å². The van der Waals surface area contributed by atoms with Gasteiger partial charge in [0.25, 0.3) is 0 Å². The Labute approximate surface area is 267 Å². The van der Waals surface area contributed by atoms with Gasteiger partial charge in [-0.2, -0.15) is 0 Å². The minimum absolute atomic E-state index is 0.373. The van der Waals surface area contributed by atoms with Crippen LogP contribution in [0.25, 0.3) is 33.0 Å². The van der Waals surface area contributed by atoms with Gasteiger partial charge in [-0.3, -0.25) is 0 Å². The van der Waals surface area contributed by atoms with Crippen LogP contribution in [0.1, 0.15) is 37.3 Å². The fourth-order valence-corrected chi connectivity index (χ4v) is 5.75. The third kappa shape index (κ3) is 7.45. The van der Waals surface area contributed by atoms with E-state index in [1.807, 2.05) is 12.1 Å². The summed E-state index contributed by atoms with van der Waals surface area (Å²) in [5.41, 5.74) is 6.85. The van der Waals surface area contributed by atoms with Crippen molar-refractivity contribution < 1.29 is 14.2 Å². The van der Waals surface area contributed by atoms with Gasteiger partial charge in [-0.25, -0.2) is 0 Å². The molecule has 0 aliphatic carbocycles. The highest BCUT2D eigenvalue weighted by molar-refractivity contribution is 5.85. The number of hydrogen-bond acceptors (Lipinski definition) is 3. The van der Waals surface area contributed by atoms with Crippen molar-refractivity contribution in [2.24, 2.45) is 0 Å². The average molecular weight is 593 g/mol. The van der Waals surface area contributed by atoms with Gasteiger partial charge >= 0.3 is 0 Å². The van der Waals surface area contributed by atoms with Crippen LogP contribution in [0.3, 0.4) is 0 Å². The number of hydrogen-bond donors (Lipinski definition) is 0. The zero-order valence-electron chi connectivity index (χ0n) is 26.1. The second-order valence-corrected chi connectivity index (χ2v) is 11.4. The summed E-state index contributed by atoms with van der Waals surface area (Å²) in [6, 6.07) is 50.4. The molecule has 0 heterocycles. The zero-order valence-corrected chi connectivity index (χ0v) is 26.1. The van der Waals surface area contributed by atoms with Crippen LogP contribution < -0.4 is 9.47 Å². The quantitative estimate of drug-likeness (QED) is 0.0986. The predicted molar refractivity (Wildman–Crippen MR) is 186 cm³/mol. The Bertz CT molecular complexity index is 1730. The van der Waals surface area contributed by atoms with Gasteiger partial charge in [0.1, 0.15) is 18.1 Å². The van der Waals surface area contributed by atoms with E-state index in [1.165, 1.54) is 21.9 Å². The summed E-state index contributed by atoms with van der Waals surface area (Å²) >= 11 is 0. The molecule has 6 rings (SSSR count). The third-order valence-corrected chi connectivity index (χ3v) is 8.41. The van der Waals surface area contributed by atoms with Crippen molar-refractivity contribution in [2.45, 2.75) is 38.9 Å². The molecule has 0 saturated heterocycles. The molecule has 0 spiro atoms. The topological polar surface area (TPSA) is 27.7 Å². The molecule has 45 heavy (non-hydrogen) atoms. The van der Waals surface area contributed by atoms with E-state index in [1.54, 1.807) is 0 Å². The van der Waals surface area contributed by atoms with Gasteiger partial charge in [-0.05, 0) is 57.5 Å². The Balaban J connectivity index is 1.22. The van der Waals surface area contributed by atoms with E-state index in [4.69, 9.17) is 14.2 Å². The molecule has 0 aromatic heterocycles. The Morgan fingerprint density at radius 2 is 1.18 bits per heavy atom. The van der Waals surface area contributed by atoms with Crippen LogP contribution in [0.4, 0.5) is 0 Å². The third-order valence-electron chi connectivity index (χ3n) is 8.41. The maximum atomic E-state index is 6.57. The summed E-state index contributed by atoms with van der Waals surface area (Å²) in [5.74, 6) is 2.16. The molecule has 0 radical (unpaired) electrons. The van der Waals surface area contributed by atoms with Gasteiger partial charge in [-0.1, -0.05) is 147 Å². The number of rotatable bonds is 13. The molecule has 3 nitrogen and oxygen atoms in total. The molecule has 6 aromatic rings. The second-order valence-electron chi connectivity index (χ2n) is 11.4. The Morgan fingerprint density at radius 1 is 0.578 bits per heavy atom. The molecule has 0 aliphatic heterocycles. The van der Waals surface area contributed by atoms with E-state index in [9.17, 15) is 0 Å². The molecule has 0 aliphatic rings. The molecule has 6 aromatic carbocycles. The van der Waals surface area contributed by atoms with Crippen LogP contribution in [-0.4, -0.2) is 19.5 Å². The average Bonchev–Trinajstić information content (AvgIpc) is 3.11. The van der Waals surface area contributed by atoms with Gasteiger partial charge < -0.3 is 14.2 Å². The van der Waals surface area contributed by atoms with Crippen LogP contribution in [0.2, 0.25) is 0 Å². The summed E-state index contributed by atoms with van der Waals surface area (Å²) < 4.78 is 19.5. The summed E-state index contributed by atoms with van der Waals surface area (Å²) in [6.07, 6.45) is 1.24. The lowest BCUT2D eigenvalue weighted by Gasteiger charge is -2.22. The van der Waals surface area contributed by atoms with Crippen molar-refractivity contribution in [1.29, 1.82) is 0 Å². The maximum Gasteiger partial charge on any atom is 0.204 e. The number of ether oxygens (including phenoxy) is 3. The van der Waals surface area contributed by atoms with E-state index in [0.29, 0.717) is 25.6 Å². The summed E-state index contributed by atoms with van der Waals surface area (Å²) in [6.45, 7) is 5.22. The first-order valence-electron chi connectivity index (χ1n) is 15.9. The molecule has 0 bridgehead atoms. The van der Waals surface area contributed by atoms with Crippen LogP contribution in [0, 0.1) is 0 Å². The molecule has 0 amide bonds. The molecule has 226 valence electrons. The smallest absolute Gasteiger partial charge is 0.204 e. The largest absolute Gasteiger partial charge is 0.490 e. The van der Waals surface area contributed by atoms with Crippen molar-refractivity contribution in [3.8, 4) is 33.8 Å². The molecule has 0 fully saturated rings. The highest BCUT2D eigenvalue weighted by Gasteiger charge is 2.17. The Morgan fingerprint density at radius 3 is 1.84 bits per heavy atom. The van der Waals surface area contributed by atoms with E-state index < -0.39 is 6.29 Å². The minimum Gasteiger partial charge on any atom is -0.490 e. The lowest BCUT2D eigenvalue weighted by atomic mass is 9.97. The Hall–Kier alpha value is -4.86. The molecule has 0 N–H and O–H groups in total. The van der Waals surface area contributed by atoms with Gasteiger partial charge in [0.2, 0.25) is 6.29 Å². The molecule has 2 unspecified atom stereocenters. The molecular weight excluding hydrogens is 552 g/mol. The highest BCUT2D eigenvalue weighted by atomic mass is 16.7. The zero-order chi connectivity index (χ0) is 30.8. The van der Waals surface area contributed by atoms with Crippen molar-refractivity contribution >= 4 is 10.8 Å². The van der Waals surface area contributed by atoms with Crippen molar-refractivity contribution in [3.05, 3.63) is 157 Å². The number of para-hydroxylation sites is 1. The fourth-order valence-electron chi connectivity index (χ4n) is 5.75.